The van der Waals surface area contributed by atoms with Crippen LogP contribution in [-0.2, 0) is 9.26 Å². The summed E-state index contributed by atoms with van der Waals surface area (Å²) in [4.78, 5) is 0. The molecule has 1 saturated heterocycles. The average molecular weight is 364 g/mol. The third kappa shape index (κ3) is 2.53. The fraction of sp³-hybridized carbons (Fsp3) is 0.217. The van der Waals surface area contributed by atoms with Crippen LogP contribution in [0.5, 0.6) is 0 Å². The van der Waals surface area contributed by atoms with Gasteiger partial charge in [0.15, 0.2) is 0 Å². The zero-order valence-corrected chi connectivity index (χ0v) is 16.2. The van der Waals surface area contributed by atoms with Gasteiger partial charge in [0.2, 0.25) is 0 Å². The van der Waals surface area contributed by atoms with Gasteiger partial charge in [0.1, 0.15) is 0 Å². The Morgan fingerprint density at radius 2 is 1.04 bits per heavy atom. The molecule has 0 amide bonds. The van der Waals surface area contributed by atoms with Crippen molar-refractivity contribution >= 4 is 22.7 Å². The minimum atomic E-state index is -3.23. The molecule has 1 fully saturated rings. The van der Waals surface area contributed by atoms with Crippen molar-refractivity contribution in [3.63, 3.8) is 0 Å². The Morgan fingerprint density at radius 1 is 0.654 bits per heavy atom. The van der Waals surface area contributed by atoms with Crippen molar-refractivity contribution in [2.24, 2.45) is 0 Å². The van der Waals surface area contributed by atoms with Crippen molar-refractivity contribution in [3.05, 3.63) is 91.0 Å². The molecule has 1 aliphatic heterocycles. The zero-order valence-electron chi connectivity index (χ0n) is 15.3. The van der Waals surface area contributed by atoms with Crippen molar-refractivity contribution < 1.29 is 9.26 Å². The molecule has 0 aliphatic carbocycles. The van der Waals surface area contributed by atoms with E-state index in [-0.39, 0.29) is 5.60 Å². The van der Waals surface area contributed by atoms with Gasteiger partial charge >= 0.3 is 155 Å². The Hall–Kier alpha value is -1.99. The summed E-state index contributed by atoms with van der Waals surface area (Å²) in [5.74, 6) is 0. The van der Waals surface area contributed by atoms with Crippen LogP contribution < -0.4 is 15.9 Å². The summed E-state index contributed by atoms with van der Waals surface area (Å²) in [6.45, 7) is 1.62. The van der Waals surface area contributed by atoms with Crippen molar-refractivity contribution in [2.45, 2.75) is 19.4 Å². The maximum absolute atomic E-state index is 7.21. The van der Waals surface area contributed by atoms with Crippen LogP contribution in [0.3, 0.4) is 0 Å². The van der Waals surface area contributed by atoms with Gasteiger partial charge in [-0.15, -0.1) is 0 Å². The molecule has 2 nitrogen and oxygen atoms in total. The van der Waals surface area contributed by atoms with E-state index in [0.29, 0.717) is 13.0 Å². The molecule has 0 saturated carbocycles. The van der Waals surface area contributed by atoms with Crippen LogP contribution >= 0.6 is 6.83 Å². The van der Waals surface area contributed by atoms with Gasteiger partial charge in [0.25, 0.3) is 0 Å². The Bertz CT molecular complexity index is 776. The van der Waals surface area contributed by atoms with Gasteiger partial charge in [-0.3, -0.25) is 0 Å². The third-order valence-corrected chi connectivity index (χ3v) is 10.9. The van der Waals surface area contributed by atoms with Crippen LogP contribution in [0.1, 0.15) is 13.8 Å². The standard InChI is InChI=1S/C23H25O2P/c1-23(2)18-24-19-26(25-23,20-12-6-3-7-13-20,21-14-8-4-9-15-21)22-16-10-5-11-17-22/h3-17H,18-19H2,1-2H3. The molecule has 134 valence electrons. The molecule has 3 aromatic carbocycles. The predicted octanol–water partition coefficient (Wildman–Crippen LogP) is 4.21. The van der Waals surface area contributed by atoms with Crippen LogP contribution in [0.15, 0.2) is 91.0 Å². The van der Waals surface area contributed by atoms with Gasteiger partial charge in [0, 0.05) is 0 Å². The van der Waals surface area contributed by atoms with Gasteiger partial charge in [-0.2, -0.15) is 0 Å². The summed E-state index contributed by atoms with van der Waals surface area (Å²) >= 11 is 0. The quantitative estimate of drug-likeness (QED) is 0.648. The molecule has 1 aliphatic rings. The first-order valence-electron chi connectivity index (χ1n) is 9.04. The maximum atomic E-state index is 7.21. The number of rotatable bonds is 3. The van der Waals surface area contributed by atoms with Crippen molar-refractivity contribution in [1.82, 2.24) is 0 Å². The van der Waals surface area contributed by atoms with Crippen LogP contribution in [0.4, 0.5) is 0 Å². The van der Waals surface area contributed by atoms with E-state index in [1.165, 1.54) is 15.9 Å². The van der Waals surface area contributed by atoms with Crippen molar-refractivity contribution in [3.8, 4) is 0 Å². The van der Waals surface area contributed by atoms with E-state index in [1.54, 1.807) is 0 Å². The van der Waals surface area contributed by atoms with Gasteiger partial charge in [0.05, 0.1) is 0 Å². The molecule has 0 spiro atoms. The van der Waals surface area contributed by atoms with Gasteiger partial charge < -0.3 is 0 Å². The normalized spacial score (nSPS) is 22.0. The molecular weight excluding hydrogens is 339 g/mol. The SMILES string of the molecule is CC1(C)COCP(c2ccccc2)(c2ccccc2)(c2ccccc2)O1. The number of hydrogen-bond donors (Lipinski definition) is 0. The molecule has 1 heterocycles. The predicted molar refractivity (Wildman–Crippen MR) is 111 cm³/mol. The van der Waals surface area contributed by atoms with Crippen LogP contribution in [0.2, 0.25) is 0 Å². The second-order valence-corrected chi connectivity index (χ2v) is 12.0. The Labute approximate surface area is 155 Å². The second-order valence-electron chi connectivity index (χ2n) is 7.55. The van der Waals surface area contributed by atoms with E-state index in [0.717, 1.165) is 0 Å². The van der Waals surface area contributed by atoms with E-state index in [4.69, 9.17) is 9.26 Å². The summed E-state index contributed by atoms with van der Waals surface area (Å²) in [7, 11) is 0. The summed E-state index contributed by atoms with van der Waals surface area (Å²) in [6, 6.07) is 31.9. The minimum absolute atomic E-state index is 0.377. The molecule has 26 heavy (non-hydrogen) atoms. The fourth-order valence-electron chi connectivity index (χ4n) is 4.12. The molecule has 0 unspecified atom stereocenters. The van der Waals surface area contributed by atoms with Crippen LogP contribution in [0.25, 0.3) is 0 Å². The summed E-state index contributed by atoms with van der Waals surface area (Å²) < 4.78 is 13.5. The van der Waals surface area contributed by atoms with Crippen LogP contribution in [0, 0.1) is 0 Å². The fourth-order valence-corrected chi connectivity index (χ4v) is 9.82. The van der Waals surface area contributed by atoms with E-state index in [2.05, 4.69) is 105 Å². The van der Waals surface area contributed by atoms with Gasteiger partial charge in [-0.25, -0.2) is 0 Å². The van der Waals surface area contributed by atoms with Crippen LogP contribution in [-0.4, -0.2) is 18.6 Å². The second kappa shape index (κ2) is 6.32. The molecule has 4 rings (SSSR count). The zero-order chi connectivity index (χ0) is 18.1. The summed E-state index contributed by atoms with van der Waals surface area (Å²) in [5, 5.41) is 3.64. The van der Waals surface area contributed by atoms with E-state index in [1.807, 2.05) is 0 Å². The van der Waals surface area contributed by atoms with E-state index >= 15 is 0 Å². The molecule has 0 radical (unpaired) electrons. The Kier molecular flexibility index (Phi) is 4.23. The third-order valence-electron chi connectivity index (χ3n) is 5.14. The first-order chi connectivity index (χ1) is 12.6. The molecule has 0 N–H and O–H groups in total. The first-order valence-corrected chi connectivity index (χ1v) is 11.4. The number of hydrogen-bond acceptors (Lipinski definition) is 2. The van der Waals surface area contributed by atoms with Gasteiger partial charge in [-0.05, 0) is 0 Å². The van der Waals surface area contributed by atoms with Gasteiger partial charge in [-0.1, -0.05) is 0 Å². The summed E-state index contributed by atoms with van der Waals surface area (Å²) in [6.07, 6.45) is 0.563. The Balaban J connectivity index is 2.15. The molecule has 3 heteroatoms. The van der Waals surface area contributed by atoms with Crippen molar-refractivity contribution in [2.75, 3.05) is 13.0 Å². The monoisotopic (exact) mass is 364 g/mol. The molecule has 3 aromatic rings. The van der Waals surface area contributed by atoms with E-state index < -0.39 is 6.83 Å². The molecular formula is C23H25O2P. The van der Waals surface area contributed by atoms with Crippen molar-refractivity contribution in [1.29, 1.82) is 0 Å². The molecule has 0 aromatic heterocycles. The number of benzene rings is 3. The topological polar surface area (TPSA) is 18.5 Å². The Morgan fingerprint density at radius 3 is 1.38 bits per heavy atom. The van der Waals surface area contributed by atoms with E-state index in [9.17, 15) is 0 Å². The first kappa shape index (κ1) is 17.4. The molecule has 0 atom stereocenters. The molecule has 0 bridgehead atoms. The average Bonchev–Trinajstić information content (AvgIpc) is 2.69. The summed E-state index contributed by atoms with van der Waals surface area (Å²) in [5.41, 5.74) is -0.377. The number of ether oxygens (including phenoxy) is 1.